The number of carbonyl (C=O) groups excluding carboxylic acids is 1. The first-order chi connectivity index (χ1) is 16.5. The van der Waals surface area contributed by atoms with Crippen LogP contribution in [0.15, 0.2) is 59.3 Å². The fraction of sp³-hybridized carbons (Fsp3) is 0.333. The number of fused-ring (bicyclic) bond motifs is 1. The van der Waals surface area contributed by atoms with E-state index in [1.165, 1.54) is 0 Å². The van der Waals surface area contributed by atoms with Crippen molar-refractivity contribution in [2.45, 2.75) is 46.0 Å². The molecule has 0 radical (unpaired) electrons. The van der Waals surface area contributed by atoms with Gasteiger partial charge in [0.15, 0.2) is 5.78 Å². The van der Waals surface area contributed by atoms with E-state index in [0.717, 1.165) is 54.6 Å². The van der Waals surface area contributed by atoms with Crippen LogP contribution in [0.5, 0.6) is 0 Å². The number of nitrogens with zero attached hydrogens (tertiary/aromatic N) is 3. The molecule has 0 fully saturated rings. The summed E-state index contributed by atoms with van der Waals surface area (Å²) in [6, 6.07) is 15.2. The number of anilines is 1. The monoisotopic (exact) mass is 476 g/mol. The molecule has 0 saturated heterocycles. The minimum absolute atomic E-state index is 0.0708. The molecule has 0 amide bonds. The van der Waals surface area contributed by atoms with Crippen LogP contribution in [0.4, 0.5) is 5.82 Å². The predicted molar refractivity (Wildman–Crippen MR) is 136 cm³/mol. The van der Waals surface area contributed by atoms with E-state index in [0.29, 0.717) is 34.4 Å². The Morgan fingerprint density at radius 3 is 2.74 bits per heavy atom. The quantitative estimate of drug-likeness (QED) is 0.232. The van der Waals surface area contributed by atoms with Crippen LogP contribution in [0.25, 0.3) is 22.3 Å². The average Bonchev–Trinajstić information content (AvgIpc) is 3.25. The second-order valence-electron chi connectivity index (χ2n) is 8.57. The first kappa shape index (κ1) is 23.9. The number of nitrogens with one attached hydrogen (secondary N) is 1. The number of hydrogen-bond donors (Lipinski definition) is 1. The van der Waals surface area contributed by atoms with Crippen molar-refractivity contribution in [1.82, 2.24) is 15.1 Å². The highest BCUT2D eigenvalue weighted by Crippen LogP contribution is 2.28. The summed E-state index contributed by atoms with van der Waals surface area (Å²) >= 11 is 6.04. The highest BCUT2D eigenvalue weighted by Gasteiger charge is 2.22. The van der Waals surface area contributed by atoms with Gasteiger partial charge >= 0.3 is 0 Å². The van der Waals surface area contributed by atoms with Crippen molar-refractivity contribution in [2.24, 2.45) is 5.92 Å². The van der Waals surface area contributed by atoms with Crippen molar-refractivity contribution in [3.8, 4) is 11.3 Å². The van der Waals surface area contributed by atoms with Gasteiger partial charge in [0.05, 0.1) is 22.8 Å². The molecule has 0 aliphatic rings. The van der Waals surface area contributed by atoms with Gasteiger partial charge in [0.25, 0.3) is 0 Å². The number of rotatable bonds is 11. The van der Waals surface area contributed by atoms with Gasteiger partial charge in [-0.3, -0.25) is 9.78 Å². The molecule has 6 nitrogen and oxygen atoms in total. The van der Waals surface area contributed by atoms with E-state index in [1.54, 1.807) is 19.2 Å². The molecule has 0 aliphatic heterocycles. The van der Waals surface area contributed by atoms with Gasteiger partial charge in [-0.2, -0.15) is 0 Å². The second kappa shape index (κ2) is 11.3. The van der Waals surface area contributed by atoms with Crippen molar-refractivity contribution in [1.29, 1.82) is 0 Å². The molecule has 2 aromatic carbocycles. The van der Waals surface area contributed by atoms with Crippen LogP contribution < -0.4 is 5.32 Å². The number of ketones is 1. The molecule has 4 rings (SSSR count). The molecule has 0 aliphatic carbocycles. The van der Waals surface area contributed by atoms with E-state index in [4.69, 9.17) is 16.1 Å². The van der Waals surface area contributed by atoms with Crippen LogP contribution in [0.2, 0.25) is 5.02 Å². The zero-order valence-electron chi connectivity index (χ0n) is 19.6. The lowest BCUT2D eigenvalue weighted by Gasteiger charge is -2.17. The zero-order chi connectivity index (χ0) is 23.9. The van der Waals surface area contributed by atoms with Crippen LogP contribution in [-0.4, -0.2) is 27.5 Å². The van der Waals surface area contributed by atoms with E-state index in [-0.39, 0.29) is 5.78 Å². The maximum absolute atomic E-state index is 13.2. The van der Waals surface area contributed by atoms with Crippen LogP contribution in [0.1, 0.15) is 55.1 Å². The molecule has 34 heavy (non-hydrogen) atoms. The lowest BCUT2D eigenvalue weighted by atomic mass is 9.92. The summed E-state index contributed by atoms with van der Waals surface area (Å²) in [5.74, 6) is 1.70. The molecule has 7 heteroatoms. The van der Waals surface area contributed by atoms with Crippen LogP contribution in [0, 0.1) is 12.8 Å². The number of benzene rings is 2. The van der Waals surface area contributed by atoms with Crippen molar-refractivity contribution in [2.75, 3.05) is 11.9 Å². The summed E-state index contributed by atoms with van der Waals surface area (Å²) < 4.78 is 5.38. The topological polar surface area (TPSA) is 80.9 Å². The summed E-state index contributed by atoms with van der Waals surface area (Å²) in [7, 11) is 0. The number of aromatic nitrogens is 3. The zero-order valence-corrected chi connectivity index (χ0v) is 20.3. The van der Waals surface area contributed by atoms with Gasteiger partial charge < -0.3 is 9.84 Å². The lowest BCUT2D eigenvalue weighted by Crippen LogP contribution is -2.17. The number of unbranched alkanes of at least 4 members (excludes halogenated alkanes) is 1. The summed E-state index contributed by atoms with van der Waals surface area (Å²) in [6.07, 6.45) is 6.23. The average molecular weight is 477 g/mol. The summed E-state index contributed by atoms with van der Waals surface area (Å²) in [5, 5.41) is 8.22. The SMILES string of the molecule is CCCCC(CCC(=O)c1c(-c2ccccc2)noc1C)CNc1cnc2cc(Cl)ccc2n1. The molecule has 176 valence electrons. The third-order valence-corrected chi connectivity index (χ3v) is 6.25. The maximum atomic E-state index is 13.2. The van der Waals surface area contributed by atoms with E-state index in [1.807, 2.05) is 42.5 Å². The summed E-state index contributed by atoms with van der Waals surface area (Å²) in [4.78, 5) is 22.3. The highest BCUT2D eigenvalue weighted by molar-refractivity contribution is 6.31. The molecule has 1 atom stereocenters. The first-order valence-electron chi connectivity index (χ1n) is 11.8. The molecule has 0 saturated carbocycles. The minimum atomic E-state index is 0.0708. The Bertz CT molecular complexity index is 1260. The number of halogens is 1. The maximum Gasteiger partial charge on any atom is 0.168 e. The van der Waals surface area contributed by atoms with Crippen LogP contribution in [-0.2, 0) is 0 Å². The Morgan fingerprint density at radius 2 is 1.94 bits per heavy atom. The van der Waals surface area contributed by atoms with Gasteiger partial charge in [-0.25, -0.2) is 4.98 Å². The minimum Gasteiger partial charge on any atom is -0.368 e. The number of hydrogen-bond acceptors (Lipinski definition) is 6. The Morgan fingerprint density at radius 1 is 1.12 bits per heavy atom. The Kier molecular flexibility index (Phi) is 7.91. The molecular weight excluding hydrogens is 448 g/mol. The molecule has 4 aromatic rings. The van der Waals surface area contributed by atoms with E-state index in [2.05, 4.69) is 27.4 Å². The standard InChI is InChI=1S/C27H29ClN4O2/c1-3-4-8-19(16-30-25-17-29-23-15-21(28)12-13-22(23)31-25)11-14-24(33)26-18(2)34-32-27(26)20-9-6-5-7-10-20/h5-7,9-10,12-13,15,17,19H,3-4,8,11,14,16H2,1-2H3,(H,30,31). The number of aryl methyl sites for hydroxylation is 1. The van der Waals surface area contributed by atoms with Gasteiger partial charge in [0.1, 0.15) is 17.3 Å². The van der Waals surface area contributed by atoms with Gasteiger partial charge in [-0.1, -0.05) is 66.9 Å². The van der Waals surface area contributed by atoms with Gasteiger partial charge in [0.2, 0.25) is 0 Å². The van der Waals surface area contributed by atoms with Crippen molar-refractivity contribution >= 4 is 34.2 Å². The molecule has 1 unspecified atom stereocenters. The molecular formula is C27H29ClN4O2. The molecule has 1 N–H and O–H groups in total. The van der Waals surface area contributed by atoms with Crippen LogP contribution >= 0.6 is 11.6 Å². The van der Waals surface area contributed by atoms with Gasteiger partial charge in [-0.05, 0) is 43.9 Å². The predicted octanol–water partition coefficient (Wildman–Crippen LogP) is 7.13. The van der Waals surface area contributed by atoms with Gasteiger partial charge in [-0.15, -0.1) is 0 Å². The number of Topliss-reactive ketones (excluding diaryl/α,β-unsaturated/α-hetero) is 1. The smallest absolute Gasteiger partial charge is 0.168 e. The summed E-state index contributed by atoms with van der Waals surface area (Å²) in [6.45, 7) is 4.71. The van der Waals surface area contributed by atoms with E-state index >= 15 is 0 Å². The van der Waals surface area contributed by atoms with Gasteiger partial charge in [0, 0.05) is 23.6 Å². The van der Waals surface area contributed by atoms with E-state index < -0.39 is 0 Å². The summed E-state index contributed by atoms with van der Waals surface area (Å²) in [5.41, 5.74) is 3.67. The van der Waals surface area contributed by atoms with Crippen molar-refractivity contribution in [3.05, 3.63) is 71.1 Å². The molecule has 2 heterocycles. The van der Waals surface area contributed by atoms with Crippen LogP contribution in [0.3, 0.4) is 0 Å². The Hall–Kier alpha value is -3.25. The van der Waals surface area contributed by atoms with Crippen molar-refractivity contribution < 1.29 is 9.32 Å². The lowest BCUT2D eigenvalue weighted by molar-refractivity contribution is 0.0972. The number of carbonyl (C=O) groups is 1. The highest BCUT2D eigenvalue weighted by atomic mass is 35.5. The Labute approximate surface area is 204 Å². The normalized spacial score (nSPS) is 12.1. The fourth-order valence-corrected chi connectivity index (χ4v) is 4.28. The largest absolute Gasteiger partial charge is 0.368 e. The van der Waals surface area contributed by atoms with Crippen molar-refractivity contribution in [3.63, 3.8) is 0 Å². The molecule has 0 spiro atoms. The Balaban J connectivity index is 1.42. The fourth-order valence-electron chi connectivity index (χ4n) is 4.11. The third kappa shape index (κ3) is 5.81. The molecule has 2 aromatic heterocycles. The first-order valence-corrected chi connectivity index (χ1v) is 12.1. The third-order valence-electron chi connectivity index (χ3n) is 6.01. The second-order valence-corrected chi connectivity index (χ2v) is 9.00. The molecule has 0 bridgehead atoms. The van der Waals surface area contributed by atoms with E-state index in [9.17, 15) is 4.79 Å².